The first-order valence-electron chi connectivity index (χ1n) is 8.08. The van der Waals surface area contributed by atoms with Gasteiger partial charge in [-0.3, -0.25) is 9.59 Å². The summed E-state index contributed by atoms with van der Waals surface area (Å²) in [5.74, 6) is -0.357. The summed E-state index contributed by atoms with van der Waals surface area (Å²) < 4.78 is 0.914. The maximum Gasteiger partial charge on any atom is 0.255 e. The lowest BCUT2D eigenvalue weighted by molar-refractivity contribution is 0.0953. The highest BCUT2D eigenvalue weighted by molar-refractivity contribution is 9.10. The van der Waals surface area contributed by atoms with E-state index in [0.29, 0.717) is 23.4 Å². The monoisotopic (exact) mass is 400 g/mol. The van der Waals surface area contributed by atoms with Crippen molar-refractivity contribution in [1.82, 2.24) is 5.32 Å². The Kier molecular flexibility index (Phi) is 6.95. The molecule has 0 fully saturated rings. The number of anilines is 1. The minimum atomic E-state index is -0.207. The number of halogens is 1. The minimum absolute atomic E-state index is 0.149. The molecule has 0 aliphatic heterocycles. The predicted octanol–water partition coefficient (Wildman–Crippen LogP) is 4.71. The highest BCUT2D eigenvalue weighted by Crippen LogP contribution is 2.19. The smallest absolute Gasteiger partial charge is 0.255 e. The summed E-state index contributed by atoms with van der Waals surface area (Å²) in [5.41, 5.74) is 2.62. The first-order valence-corrected chi connectivity index (χ1v) is 8.87. The van der Waals surface area contributed by atoms with Gasteiger partial charge in [0.2, 0.25) is 0 Å². The fourth-order valence-corrected chi connectivity index (χ4v) is 2.50. The first kappa shape index (κ1) is 18.9. The first-order chi connectivity index (χ1) is 12.0. The SMILES string of the molecule is C/C=C/CCNC(=O)c1ccc(C)c(NC(=O)c2ccc(Br)cc2)c1. The lowest BCUT2D eigenvalue weighted by Crippen LogP contribution is -2.24. The van der Waals surface area contributed by atoms with Gasteiger partial charge in [-0.1, -0.05) is 34.1 Å². The van der Waals surface area contributed by atoms with Gasteiger partial charge in [-0.25, -0.2) is 0 Å². The number of hydrogen-bond acceptors (Lipinski definition) is 2. The van der Waals surface area contributed by atoms with Crippen molar-refractivity contribution >= 4 is 33.4 Å². The van der Waals surface area contributed by atoms with E-state index in [2.05, 4.69) is 26.6 Å². The van der Waals surface area contributed by atoms with E-state index >= 15 is 0 Å². The summed E-state index contributed by atoms with van der Waals surface area (Å²) in [4.78, 5) is 24.6. The van der Waals surface area contributed by atoms with E-state index in [0.717, 1.165) is 16.5 Å². The zero-order chi connectivity index (χ0) is 18.2. The van der Waals surface area contributed by atoms with Gasteiger partial charge in [0.25, 0.3) is 11.8 Å². The predicted molar refractivity (Wildman–Crippen MR) is 105 cm³/mol. The summed E-state index contributed by atoms with van der Waals surface area (Å²) in [5, 5.41) is 5.74. The number of allylic oxidation sites excluding steroid dienone is 1. The van der Waals surface area contributed by atoms with Crippen LogP contribution in [0.3, 0.4) is 0 Å². The van der Waals surface area contributed by atoms with Gasteiger partial charge in [0.1, 0.15) is 0 Å². The number of amides is 2. The van der Waals surface area contributed by atoms with Crippen molar-refractivity contribution in [2.45, 2.75) is 20.3 Å². The summed E-state index contributed by atoms with van der Waals surface area (Å²) in [7, 11) is 0. The van der Waals surface area contributed by atoms with Gasteiger partial charge in [0.15, 0.2) is 0 Å². The third-order valence-corrected chi connectivity index (χ3v) is 4.22. The molecule has 0 saturated heterocycles. The fraction of sp³-hybridized carbons (Fsp3) is 0.200. The largest absolute Gasteiger partial charge is 0.352 e. The van der Waals surface area contributed by atoms with Crippen LogP contribution in [0.15, 0.2) is 59.1 Å². The number of aryl methyl sites for hydroxylation is 1. The molecule has 5 heteroatoms. The van der Waals surface area contributed by atoms with Gasteiger partial charge in [-0.15, -0.1) is 0 Å². The molecule has 25 heavy (non-hydrogen) atoms. The zero-order valence-corrected chi connectivity index (χ0v) is 15.9. The Labute approximate surface area is 156 Å². The van der Waals surface area contributed by atoms with Crippen LogP contribution in [0.25, 0.3) is 0 Å². The van der Waals surface area contributed by atoms with Crippen molar-refractivity contribution in [3.8, 4) is 0 Å². The molecule has 0 aliphatic rings. The van der Waals surface area contributed by atoms with E-state index in [4.69, 9.17) is 0 Å². The molecular formula is C20H21BrN2O2. The van der Waals surface area contributed by atoms with Crippen LogP contribution in [0.5, 0.6) is 0 Å². The lowest BCUT2D eigenvalue weighted by Gasteiger charge is -2.11. The highest BCUT2D eigenvalue weighted by atomic mass is 79.9. The van der Waals surface area contributed by atoms with Crippen molar-refractivity contribution in [3.63, 3.8) is 0 Å². The third kappa shape index (κ3) is 5.57. The minimum Gasteiger partial charge on any atom is -0.352 e. The van der Waals surface area contributed by atoms with Crippen LogP contribution in [0.1, 0.15) is 39.6 Å². The second kappa shape index (κ2) is 9.18. The van der Waals surface area contributed by atoms with E-state index in [-0.39, 0.29) is 11.8 Å². The van der Waals surface area contributed by atoms with Gasteiger partial charge in [0, 0.05) is 27.8 Å². The Bertz CT molecular complexity index is 783. The van der Waals surface area contributed by atoms with Crippen molar-refractivity contribution in [3.05, 3.63) is 75.8 Å². The van der Waals surface area contributed by atoms with Gasteiger partial charge in [-0.05, 0) is 62.2 Å². The molecule has 2 amide bonds. The summed E-state index contributed by atoms with van der Waals surface area (Å²) >= 11 is 3.35. The average molecular weight is 401 g/mol. The summed E-state index contributed by atoms with van der Waals surface area (Å²) in [6, 6.07) is 12.4. The average Bonchev–Trinajstić information content (AvgIpc) is 2.61. The van der Waals surface area contributed by atoms with Crippen molar-refractivity contribution < 1.29 is 9.59 Å². The Balaban J connectivity index is 2.09. The highest BCUT2D eigenvalue weighted by Gasteiger charge is 2.11. The van der Waals surface area contributed by atoms with E-state index < -0.39 is 0 Å². The van der Waals surface area contributed by atoms with Crippen LogP contribution in [-0.2, 0) is 0 Å². The molecule has 0 saturated carbocycles. The fourth-order valence-electron chi connectivity index (χ4n) is 2.23. The molecule has 0 unspecified atom stereocenters. The quantitative estimate of drug-likeness (QED) is 0.544. The van der Waals surface area contributed by atoms with E-state index in [9.17, 15) is 9.59 Å². The normalized spacial score (nSPS) is 10.7. The van der Waals surface area contributed by atoms with E-state index in [1.54, 1.807) is 24.3 Å². The summed E-state index contributed by atoms with van der Waals surface area (Å²) in [6.45, 7) is 4.42. The molecule has 2 aromatic carbocycles. The maximum atomic E-state index is 12.4. The number of carbonyl (C=O) groups excluding carboxylic acids is 2. The summed E-state index contributed by atoms with van der Waals surface area (Å²) in [6.07, 6.45) is 4.74. The topological polar surface area (TPSA) is 58.2 Å². The lowest BCUT2D eigenvalue weighted by atomic mass is 10.1. The molecular weight excluding hydrogens is 380 g/mol. The number of rotatable bonds is 6. The molecule has 0 aromatic heterocycles. The standard InChI is InChI=1S/C20H21BrN2O2/c1-3-4-5-12-22-19(24)16-7-6-14(2)18(13-16)23-20(25)15-8-10-17(21)11-9-15/h3-4,6-11,13H,5,12H2,1-2H3,(H,22,24)(H,23,25)/b4-3+. The second-order valence-electron chi connectivity index (χ2n) is 5.60. The molecule has 2 aromatic rings. The van der Waals surface area contributed by atoms with Gasteiger partial charge in [-0.2, -0.15) is 0 Å². The third-order valence-electron chi connectivity index (χ3n) is 3.69. The van der Waals surface area contributed by atoms with Crippen LogP contribution in [0.2, 0.25) is 0 Å². The van der Waals surface area contributed by atoms with Crippen LogP contribution in [-0.4, -0.2) is 18.4 Å². The van der Waals surface area contributed by atoms with Crippen LogP contribution >= 0.6 is 15.9 Å². The molecule has 0 spiro atoms. The van der Waals surface area contributed by atoms with E-state index in [1.807, 2.05) is 44.2 Å². The Hall–Kier alpha value is -2.40. The molecule has 0 bridgehead atoms. The van der Waals surface area contributed by atoms with Crippen LogP contribution in [0, 0.1) is 6.92 Å². The van der Waals surface area contributed by atoms with Gasteiger partial charge < -0.3 is 10.6 Å². The molecule has 0 atom stereocenters. The molecule has 2 N–H and O–H groups in total. The zero-order valence-electron chi connectivity index (χ0n) is 14.3. The van der Waals surface area contributed by atoms with Gasteiger partial charge >= 0.3 is 0 Å². The number of carbonyl (C=O) groups is 2. The van der Waals surface area contributed by atoms with Crippen LogP contribution < -0.4 is 10.6 Å². The number of hydrogen-bond donors (Lipinski definition) is 2. The molecule has 0 heterocycles. The van der Waals surface area contributed by atoms with Crippen molar-refractivity contribution in [2.24, 2.45) is 0 Å². The number of benzene rings is 2. The maximum absolute atomic E-state index is 12.4. The molecule has 130 valence electrons. The second-order valence-corrected chi connectivity index (χ2v) is 6.52. The Morgan fingerprint density at radius 1 is 1.04 bits per heavy atom. The Morgan fingerprint density at radius 3 is 2.40 bits per heavy atom. The van der Waals surface area contributed by atoms with Crippen molar-refractivity contribution in [2.75, 3.05) is 11.9 Å². The van der Waals surface area contributed by atoms with Crippen LogP contribution in [0.4, 0.5) is 5.69 Å². The number of nitrogens with one attached hydrogen (secondary N) is 2. The van der Waals surface area contributed by atoms with E-state index in [1.165, 1.54) is 0 Å². The van der Waals surface area contributed by atoms with Crippen molar-refractivity contribution in [1.29, 1.82) is 0 Å². The molecule has 0 radical (unpaired) electrons. The van der Waals surface area contributed by atoms with Gasteiger partial charge in [0.05, 0.1) is 0 Å². The Morgan fingerprint density at radius 2 is 1.72 bits per heavy atom. The molecule has 2 rings (SSSR count). The molecule has 4 nitrogen and oxygen atoms in total. The molecule has 0 aliphatic carbocycles.